The second-order valence-corrected chi connectivity index (χ2v) is 5.50. The van der Waals surface area contributed by atoms with Gasteiger partial charge in [-0.2, -0.15) is 0 Å². The number of aliphatic carboxylic acids is 1. The monoisotopic (exact) mass is 426 g/mol. The molecule has 0 saturated heterocycles. The van der Waals surface area contributed by atoms with E-state index in [2.05, 4.69) is 14.2 Å². The van der Waals surface area contributed by atoms with Crippen LogP contribution in [0.3, 0.4) is 0 Å². The Morgan fingerprint density at radius 3 is 1.67 bits per heavy atom. The molecule has 0 unspecified atom stereocenters. The molecule has 0 aliphatic carbocycles. The third-order valence-corrected chi connectivity index (χ3v) is 2.95. The van der Waals surface area contributed by atoms with Gasteiger partial charge in [-0.3, -0.25) is 19.2 Å². The van der Waals surface area contributed by atoms with Gasteiger partial charge in [0.1, 0.15) is 0 Å². The van der Waals surface area contributed by atoms with Gasteiger partial charge >= 0.3 is 35.8 Å². The van der Waals surface area contributed by atoms with Crippen molar-refractivity contribution in [3.63, 3.8) is 0 Å². The van der Waals surface area contributed by atoms with Gasteiger partial charge in [0.15, 0.2) is 0 Å². The molecule has 1 aromatic rings. The van der Waals surface area contributed by atoms with Crippen molar-refractivity contribution in [3.8, 4) is 0 Å². The first-order valence-electron chi connectivity index (χ1n) is 8.61. The van der Waals surface area contributed by atoms with Crippen LogP contribution in [-0.4, -0.2) is 59.2 Å². The molecule has 0 atom stereocenters. The van der Waals surface area contributed by atoms with Gasteiger partial charge < -0.3 is 24.4 Å². The minimum absolute atomic E-state index is 0.0355. The van der Waals surface area contributed by atoms with E-state index in [9.17, 15) is 28.8 Å². The van der Waals surface area contributed by atoms with Gasteiger partial charge in [0, 0.05) is 26.9 Å². The predicted octanol–water partition coefficient (Wildman–Crippen LogP) is 0.870. The molecule has 0 saturated carbocycles. The Morgan fingerprint density at radius 2 is 1.30 bits per heavy atom. The normalized spacial score (nSPS) is 9.43. The molecule has 11 nitrogen and oxygen atoms in total. The number of carbonyl (C=O) groups is 6. The number of benzene rings is 1. The Kier molecular flexibility index (Phi) is 12.7. The van der Waals surface area contributed by atoms with Crippen LogP contribution in [0.25, 0.3) is 0 Å². The van der Waals surface area contributed by atoms with E-state index in [0.29, 0.717) is 6.42 Å². The molecule has 0 fully saturated rings. The van der Waals surface area contributed by atoms with E-state index in [1.54, 1.807) is 0 Å². The quantitative estimate of drug-likeness (QED) is 0.261. The van der Waals surface area contributed by atoms with Crippen LogP contribution in [0.4, 0.5) is 0 Å². The van der Waals surface area contributed by atoms with Gasteiger partial charge in [0.2, 0.25) is 0 Å². The second-order valence-electron chi connectivity index (χ2n) is 5.50. The molecule has 0 aliphatic heterocycles. The zero-order chi connectivity index (χ0) is 23.1. The van der Waals surface area contributed by atoms with Crippen molar-refractivity contribution in [3.05, 3.63) is 35.4 Å². The van der Waals surface area contributed by atoms with Crippen molar-refractivity contribution < 1.29 is 53.2 Å². The molecular formula is C19H22O11. The fraction of sp³-hybridized carbons (Fsp3) is 0.368. The van der Waals surface area contributed by atoms with Crippen molar-refractivity contribution in [2.24, 2.45) is 0 Å². The number of carboxylic acids is 1. The molecule has 0 aliphatic rings. The van der Waals surface area contributed by atoms with Crippen LogP contribution in [-0.2, 0) is 33.4 Å². The van der Waals surface area contributed by atoms with Crippen LogP contribution in [0, 0.1) is 0 Å². The van der Waals surface area contributed by atoms with Gasteiger partial charge in [0.25, 0.3) is 0 Å². The van der Waals surface area contributed by atoms with Gasteiger partial charge in [-0.05, 0) is 12.1 Å². The maximum absolute atomic E-state index is 11.5. The lowest BCUT2D eigenvalue weighted by atomic mass is 10.1. The van der Waals surface area contributed by atoms with Crippen LogP contribution in [0.1, 0.15) is 53.8 Å². The van der Waals surface area contributed by atoms with Crippen molar-refractivity contribution in [1.82, 2.24) is 0 Å². The van der Waals surface area contributed by atoms with E-state index in [1.807, 2.05) is 0 Å². The first-order valence-corrected chi connectivity index (χ1v) is 8.61. The summed E-state index contributed by atoms with van der Waals surface area (Å²) in [6, 6.07) is 5.56. The number of aliphatic hydroxyl groups is 1. The summed E-state index contributed by atoms with van der Waals surface area (Å²) < 4.78 is 13.3. The zero-order valence-electron chi connectivity index (χ0n) is 16.4. The number of hydrogen-bond acceptors (Lipinski definition) is 10. The molecule has 164 valence electrons. The average molecular weight is 426 g/mol. The molecule has 30 heavy (non-hydrogen) atoms. The van der Waals surface area contributed by atoms with Gasteiger partial charge in [-0.1, -0.05) is 12.1 Å². The summed E-state index contributed by atoms with van der Waals surface area (Å²) in [5, 5.41) is 16.5. The fourth-order valence-electron chi connectivity index (χ4n) is 1.74. The third-order valence-electron chi connectivity index (χ3n) is 2.95. The Labute approximate surface area is 171 Å². The molecule has 1 rings (SSSR count). The first-order chi connectivity index (χ1) is 14.1. The minimum atomic E-state index is -1.02. The summed E-state index contributed by atoms with van der Waals surface area (Å²) in [5.74, 6) is -5.10. The van der Waals surface area contributed by atoms with Gasteiger partial charge in [0.05, 0.1) is 30.6 Å². The topological polar surface area (TPSA) is 171 Å². The molecule has 0 aromatic heterocycles. The minimum Gasteiger partial charge on any atom is -0.481 e. The smallest absolute Gasteiger partial charge is 0.346 e. The van der Waals surface area contributed by atoms with Crippen LogP contribution < -0.4 is 0 Å². The van der Waals surface area contributed by atoms with Crippen molar-refractivity contribution >= 4 is 35.8 Å². The lowest BCUT2D eigenvalue weighted by molar-refractivity contribution is -0.147. The Balaban J connectivity index is 0.000000612. The lowest BCUT2D eigenvalue weighted by Crippen LogP contribution is -2.17. The highest BCUT2D eigenvalue weighted by molar-refractivity contribution is 6.07. The molecule has 0 radical (unpaired) electrons. The second kappa shape index (κ2) is 14.4. The summed E-state index contributed by atoms with van der Waals surface area (Å²) in [6.07, 6.45) is 0.0670. The maximum Gasteiger partial charge on any atom is 0.346 e. The van der Waals surface area contributed by atoms with E-state index >= 15 is 0 Å². The van der Waals surface area contributed by atoms with Crippen LogP contribution in [0.5, 0.6) is 0 Å². The fourth-order valence-corrected chi connectivity index (χ4v) is 1.74. The summed E-state index contributed by atoms with van der Waals surface area (Å²) in [7, 11) is 0. The lowest BCUT2D eigenvalue weighted by Gasteiger charge is -2.06. The zero-order valence-corrected chi connectivity index (χ0v) is 16.4. The van der Waals surface area contributed by atoms with E-state index in [0.717, 1.165) is 13.8 Å². The summed E-state index contributed by atoms with van der Waals surface area (Å²) in [6.45, 7) is 2.24. The Bertz CT molecular complexity index is 735. The molecule has 1 aromatic carbocycles. The standard InChI is InChI=1S/C12H10O6.C7H12O5/c1-7(13)17-11(15)9-5-3-4-6-10(9)12(16)18-8(2)14;8-4-1-5-12-7(11)3-2-6(9)10/h3-6H,1-2H3;8H,1-5H2,(H,9,10). The average Bonchev–Trinajstić information content (AvgIpc) is 2.66. The van der Waals surface area contributed by atoms with E-state index < -0.39 is 35.8 Å². The summed E-state index contributed by atoms with van der Waals surface area (Å²) >= 11 is 0. The first kappa shape index (κ1) is 26.4. The highest BCUT2D eigenvalue weighted by Gasteiger charge is 2.21. The Morgan fingerprint density at radius 1 is 0.833 bits per heavy atom. The van der Waals surface area contributed by atoms with Crippen LogP contribution in [0.2, 0.25) is 0 Å². The highest BCUT2D eigenvalue weighted by Crippen LogP contribution is 2.12. The maximum atomic E-state index is 11.5. The van der Waals surface area contributed by atoms with Gasteiger partial charge in [-0.25, -0.2) is 9.59 Å². The highest BCUT2D eigenvalue weighted by atomic mass is 16.6. The van der Waals surface area contributed by atoms with Crippen LogP contribution >= 0.6 is 0 Å². The SMILES string of the molecule is CC(=O)OC(=O)c1ccccc1C(=O)OC(C)=O.O=C(O)CCC(=O)OCCCO. The van der Waals surface area contributed by atoms with Crippen molar-refractivity contribution in [1.29, 1.82) is 0 Å². The van der Waals surface area contributed by atoms with E-state index in [4.69, 9.17) is 10.2 Å². The largest absolute Gasteiger partial charge is 0.481 e. The molecule has 2 N–H and O–H groups in total. The Hall–Kier alpha value is -3.60. The molecular weight excluding hydrogens is 404 g/mol. The predicted molar refractivity (Wildman–Crippen MR) is 98.2 cm³/mol. The van der Waals surface area contributed by atoms with E-state index in [1.165, 1.54) is 24.3 Å². The summed E-state index contributed by atoms with van der Waals surface area (Å²) in [5.41, 5.74) is -0.280. The third kappa shape index (κ3) is 12.0. The number of carbonyl (C=O) groups excluding carboxylic acids is 5. The molecule has 0 bridgehead atoms. The van der Waals surface area contributed by atoms with Crippen molar-refractivity contribution in [2.45, 2.75) is 33.1 Å². The summed E-state index contributed by atoms with van der Waals surface area (Å²) in [4.78, 5) is 65.0. The number of ether oxygens (including phenoxy) is 3. The van der Waals surface area contributed by atoms with Gasteiger partial charge in [-0.15, -0.1) is 0 Å². The van der Waals surface area contributed by atoms with Crippen molar-refractivity contribution in [2.75, 3.05) is 13.2 Å². The molecule has 11 heteroatoms. The van der Waals surface area contributed by atoms with E-state index in [-0.39, 0.29) is 37.2 Å². The number of hydrogen-bond donors (Lipinski definition) is 2. The molecule has 0 heterocycles. The number of rotatable bonds is 8. The molecule has 0 spiro atoms. The molecule has 0 amide bonds. The number of carboxylic acid groups (broad SMARTS) is 1. The number of aliphatic hydroxyl groups excluding tert-OH is 1. The van der Waals surface area contributed by atoms with Crippen LogP contribution in [0.15, 0.2) is 24.3 Å². The number of esters is 5.